The highest BCUT2D eigenvalue weighted by molar-refractivity contribution is 6.03. The molecule has 4 atom stereocenters. The van der Waals surface area contributed by atoms with Crippen molar-refractivity contribution >= 4 is 78.1 Å². The van der Waals surface area contributed by atoms with E-state index in [1.54, 1.807) is 0 Å². The Morgan fingerprint density at radius 1 is 0.422 bits per heavy atom. The van der Waals surface area contributed by atoms with Crippen molar-refractivity contribution in [3.05, 3.63) is 240 Å². The van der Waals surface area contributed by atoms with Gasteiger partial charge in [0.1, 0.15) is 50.1 Å². The van der Waals surface area contributed by atoms with E-state index >= 15 is 0 Å². The van der Waals surface area contributed by atoms with Gasteiger partial charge in [-0.15, -0.1) is 0 Å². The van der Waals surface area contributed by atoms with Crippen LogP contribution < -0.4 is 9.47 Å². The van der Waals surface area contributed by atoms with Gasteiger partial charge in [-0.3, -0.25) is 19.2 Å². The van der Waals surface area contributed by atoms with Crippen LogP contribution in [0.2, 0.25) is 0 Å². The van der Waals surface area contributed by atoms with E-state index < -0.39 is 10.8 Å². The minimum absolute atomic E-state index is 0.0544. The van der Waals surface area contributed by atoms with Crippen molar-refractivity contribution in [2.75, 3.05) is 13.2 Å². The maximum Gasteiger partial charge on any atom is 0.311 e. The van der Waals surface area contributed by atoms with E-state index in [1.807, 2.05) is 215 Å². The van der Waals surface area contributed by atoms with E-state index in [1.165, 1.54) is 21.5 Å². The second kappa shape index (κ2) is 29.8. The third-order valence-corrected chi connectivity index (χ3v) is 17.7. The molecule has 12 rings (SSSR count). The Bertz CT molecular complexity index is 4000. The molecular weight excluding hydrogens is 1120 g/mol. The Balaban J connectivity index is 0.000000142. The molecular formula is C80H84O10. The molecule has 0 spiro atoms. The third kappa shape index (κ3) is 15.2. The lowest BCUT2D eigenvalue weighted by Gasteiger charge is -2.30. The number of fused-ring (bicyclic) bond motifs is 8. The van der Waals surface area contributed by atoms with Crippen molar-refractivity contribution in [1.29, 1.82) is 0 Å². The van der Waals surface area contributed by atoms with Crippen molar-refractivity contribution in [2.24, 2.45) is 22.7 Å². The highest BCUT2D eigenvalue weighted by Gasteiger charge is 2.32. The van der Waals surface area contributed by atoms with Crippen molar-refractivity contribution < 1.29 is 47.6 Å². The topological polar surface area (TPSA) is 124 Å². The predicted molar refractivity (Wildman–Crippen MR) is 364 cm³/mol. The molecule has 8 aromatic carbocycles. The van der Waals surface area contributed by atoms with E-state index in [0.717, 1.165) is 103 Å². The summed E-state index contributed by atoms with van der Waals surface area (Å²) >= 11 is 0. The molecule has 0 fully saturated rings. The van der Waals surface area contributed by atoms with E-state index in [2.05, 4.69) is 60.7 Å². The van der Waals surface area contributed by atoms with Crippen LogP contribution in [0.4, 0.5) is 0 Å². The summed E-state index contributed by atoms with van der Waals surface area (Å²) in [5.74, 6) is 0.972. The maximum absolute atomic E-state index is 12.3. The van der Waals surface area contributed by atoms with E-state index in [-0.39, 0.29) is 61.1 Å². The fraction of sp³-hybridized carbons (Fsp3) is 0.300. The molecule has 464 valence electrons. The summed E-state index contributed by atoms with van der Waals surface area (Å²) in [5, 5.41) is 9.29. The van der Waals surface area contributed by atoms with Gasteiger partial charge in [-0.2, -0.15) is 0 Å². The molecule has 0 radical (unpaired) electrons. The van der Waals surface area contributed by atoms with Crippen LogP contribution >= 0.6 is 0 Å². The number of benzene rings is 8. The van der Waals surface area contributed by atoms with Crippen LogP contribution in [-0.4, -0.2) is 49.3 Å². The van der Waals surface area contributed by atoms with E-state index in [0.29, 0.717) is 13.2 Å². The number of ether oxygens (including phenoxy) is 6. The summed E-state index contributed by atoms with van der Waals surface area (Å²) in [6.07, 6.45) is 18.9. The average molecular weight is 1210 g/mol. The summed E-state index contributed by atoms with van der Waals surface area (Å²) in [5.41, 5.74) is 7.46. The largest absolute Gasteiger partial charge is 0.481 e. The normalized spacial score (nSPS) is 15.8. The van der Waals surface area contributed by atoms with E-state index in [4.69, 9.17) is 28.4 Å². The molecule has 10 heteroatoms. The molecule has 8 aromatic rings. The number of carbonyl (C=O) groups excluding carboxylic acids is 4. The van der Waals surface area contributed by atoms with Crippen molar-refractivity contribution in [3.63, 3.8) is 0 Å². The third-order valence-electron chi connectivity index (χ3n) is 17.7. The molecule has 4 unspecified atom stereocenters. The standard InChI is InChI=1S/C21H22O2.C20H22O3.C20H20O2.C19H20O3/c1-4-21(2,3)20(22)23-14-19-17-11-7-5-9-15(17)13-16-10-6-8-12-18(16)19;1-4-20(2,3)19(21)22-13-16-14-9-5-7-11-17(14)23-18-12-8-6-10-15(16)18;1-3-14(2)20(21)22-13-19-17-10-6-4-8-15(17)12-16-9-5-7-11-18(16)19;1-3-13(2)19(20)21-12-16-14-8-4-6-10-17(14)22-18-11-7-5-9-15(16)18/h5-13H,4,14H2,1-3H3;5-12,17H,4,13H2,1-3H3;4-12,14H,3,13H2,1-2H3;4-11,13,17H,3,12H2,1-2H3. The molecule has 0 aromatic heterocycles. The Hall–Kier alpha value is -9.28. The van der Waals surface area contributed by atoms with Crippen LogP contribution in [0.3, 0.4) is 0 Å². The molecule has 0 saturated carbocycles. The highest BCUT2D eigenvalue weighted by atomic mass is 16.5. The van der Waals surface area contributed by atoms with Gasteiger partial charge in [0.2, 0.25) is 0 Å². The lowest BCUT2D eigenvalue weighted by Crippen LogP contribution is -2.28. The quantitative estimate of drug-likeness (QED) is 0.0525. The molecule has 90 heavy (non-hydrogen) atoms. The predicted octanol–water partition coefficient (Wildman–Crippen LogP) is 18.8. The molecule has 10 nitrogen and oxygen atoms in total. The number of allylic oxidation sites excluding steroid dienone is 4. The Labute approximate surface area is 530 Å². The zero-order valence-electron chi connectivity index (χ0n) is 53.7. The molecule has 0 amide bonds. The number of esters is 4. The van der Waals surface area contributed by atoms with Gasteiger partial charge >= 0.3 is 23.9 Å². The first kappa shape index (κ1) is 65.2. The van der Waals surface area contributed by atoms with Crippen molar-refractivity contribution in [1.82, 2.24) is 0 Å². The number of para-hydroxylation sites is 2. The number of carbonyl (C=O) groups is 4. The monoisotopic (exact) mass is 1200 g/mol. The Morgan fingerprint density at radius 2 is 0.744 bits per heavy atom. The second-order valence-corrected chi connectivity index (χ2v) is 24.5. The first-order chi connectivity index (χ1) is 43.5. The first-order valence-electron chi connectivity index (χ1n) is 31.6. The Kier molecular flexibility index (Phi) is 21.6. The second-order valence-electron chi connectivity index (χ2n) is 24.5. The molecule has 0 saturated heterocycles. The van der Waals surface area contributed by atoms with Crippen molar-refractivity contribution in [3.8, 4) is 11.5 Å². The van der Waals surface area contributed by atoms with Crippen LogP contribution in [0, 0.1) is 22.7 Å². The van der Waals surface area contributed by atoms with Crippen LogP contribution in [0.1, 0.15) is 117 Å². The van der Waals surface area contributed by atoms with Gasteiger partial charge in [0, 0.05) is 44.5 Å². The molecule has 2 aliphatic carbocycles. The van der Waals surface area contributed by atoms with Gasteiger partial charge in [-0.05, 0) is 133 Å². The fourth-order valence-electron chi connectivity index (χ4n) is 10.7. The SMILES string of the molecule is CCC(C)(C)C(=O)OCC1=C2C=CC=CC2Oc2ccccc21.CCC(C)(C)C(=O)OCc1c2ccccc2cc2ccccc12.CCC(C)C(=O)OCC1=C2C=CC=CC2Oc2ccccc21.CCC(C)C(=O)OCc1c2ccccc2cc2ccccc12. The van der Waals surface area contributed by atoms with Gasteiger partial charge < -0.3 is 28.4 Å². The van der Waals surface area contributed by atoms with Gasteiger partial charge in [0.25, 0.3) is 0 Å². The van der Waals surface area contributed by atoms with Crippen LogP contribution in [0.15, 0.2) is 217 Å². The minimum Gasteiger partial charge on any atom is -0.481 e. The van der Waals surface area contributed by atoms with Crippen LogP contribution in [-0.2, 0) is 51.3 Å². The molecule has 2 heterocycles. The maximum atomic E-state index is 12.3. The zero-order chi connectivity index (χ0) is 64.0. The minimum atomic E-state index is -0.461. The molecule has 0 bridgehead atoms. The van der Waals surface area contributed by atoms with Crippen LogP contribution in [0.25, 0.3) is 54.2 Å². The summed E-state index contributed by atoms with van der Waals surface area (Å²) in [6, 6.07) is 53.2. The van der Waals surface area contributed by atoms with Gasteiger partial charge in [0.15, 0.2) is 0 Å². The van der Waals surface area contributed by atoms with E-state index in [9.17, 15) is 19.2 Å². The van der Waals surface area contributed by atoms with Gasteiger partial charge in [-0.1, -0.05) is 211 Å². The highest BCUT2D eigenvalue weighted by Crippen LogP contribution is 2.41. The zero-order valence-corrected chi connectivity index (χ0v) is 53.7. The van der Waals surface area contributed by atoms with Gasteiger partial charge in [-0.25, -0.2) is 0 Å². The number of hydrogen-bond acceptors (Lipinski definition) is 10. The van der Waals surface area contributed by atoms with Crippen molar-refractivity contribution in [2.45, 2.75) is 120 Å². The lowest BCUT2D eigenvalue weighted by atomic mass is 9.89. The summed E-state index contributed by atoms with van der Waals surface area (Å²) in [7, 11) is 0. The first-order valence-corrected chi connectivity index (χ1v) is 31.6. The smallest absolute Gasteiger partial charge is 0.311 e. The summed E-state index contributed by atoms with van der Waals surface area (Å²) in [6.45, 7) is 20.7. The summed E-state index contributed by atoms with van der Waals surface area (Å²) in [4.78, 5) is 48.6. The molecule has 2 aliphatic heterocycles. The number of rotatable bonds is 16. The number of hydrogen-bond donors (Lipinski definition) is 0. The fourth-order valence-corrected chi connectivity index (χ4v) is 10.7. The summed E-state index contributed by atoms with van der Waals surface area (Å²) < 4.78 is 34.4. The molecule has 4 aliphatic rings. The Morgan fingerprint density at radius 3 is 1.12 bits per heavy atom. The van der Waals surface area contributed by atoms with Gasteiger partial charge in [0.05, 0.1) is 22.7 Å². The average Bonchev–Trinajstić information content (AvgIpc) is 0.920. The molecule has 0 N–H and O–H groups in total. The van der Waals surface area contributed by atoms with Crippen LogP contribution in [0.5, 0.6) is 11.5 Å². The lowest BCUT2D eigenvalue weighted by molar-refractivity contribution is -0.155.